The van der Waals surface area contributed by atoms with E-state index in [4.69, 9.17) is 0 Å². The maximum Gasteiger partial charge on any atom is 0.227 e. The quantitative estimate of drug-likeness (QED) is 0.326. The Morgan fingerprint density at radius 2 is 1.17 bits per heavy atom. The normalized spacial score (nSPS) is 10.1. The van der Waals surface area contributed by atoms with Crippen LogP contribution < -0.4 is 21.5 Å². The molecule has 0 saturated carbocycles. The van der Waals surface area contributed by atoms with Crippen LogP contribution in [0.2, 0.25) is 0 Å². The first kappa shape index (κ1) is 21.3. The number of pyridine rings is 1. The minimum atomic E-state index is -0.0559. The van der Waals surface area contributed by atoms with Gasteiger partial charge in [-0.2, -0.15) is 4.57 Å². The molecule has 4 aromatic rings. The SMILES string of the molecule is O=C(C[n+]1cccc(C(=O)c2ccccc2)c1)c1ccc(-c2ccccc2)cc1.[Br-]. The monoisotopic (exact) mass is 457 g/mol. The number of Topliss-reactive ketones (excluding diaryl/α,β-unsaturated/α-hetero) is 1. The van der Waals surface area contributed by atoms with Crippen molar-refractivity contribution in [1.29, 1.82) is 0 Å². The van der Waals surface area contributed by atoms with E-state index < -0.39 is 0 Å². The average Bonchev–Trinajstić information content (AvgIpc) is 2.80. The molecule has 0 spiro atoms. The first-order valence-corrected chi connectivity index (χ1v) is 9.48. The Morgan fingerprint density at radius 3 is 1.83 bits per heavy atom. The zero-order valence-electron chi connectivity index (χ0n) is 16.2. The molecule has 0 amide bonds. The van der Waals surface area contributed by atoms with Gasteiger partial charge in [-0.25, -0.2) is 0 Å². The number of benzene rings is 3. The lowest BCUT2D eigenvalue weighted by molar-refractivity contribution is -0.683. The fraction of sp³-hybridized carbons (Fsp3) is 0.0385. The van der Waals surface area contributed by atoms with Gasteiger partial charge in [0.2, 0.25) is 12.3 Å². The van der Waals surface area contributed by atoms with E-state index in [1.165, 1.54) is 0 Å². The molecular formula is C26H20BrNO2. The van der Waals surface area contributed by atoms with Crippen molar-refractivity contribution >= 4 is 11.6 Å². The van der Waals surface area contributed by atoms with E-state index in [1.807, 2.05) is 72.8 Å². The molecule has 30 heavy (non-hydrogen) atoms. The Labute approximate surface area is 186 Å². The second-order valence-corrected chi connectivity index (χ2v) is 6.83. The summed E-state index contributed by atoms with van der Waals surface area (Å²) in [4.78, 5) is 25.3. The van der Waals surface area contributed by atoms with Crippen LogP contribution in [0.4, 0.5) is 0 Å². The number of nitrogens with zero attached hydrogens (tertiary/aromatic N) is 1. The maximum atomic E-state index is 12.7. The van der Waals surface area contributed by atoms with Crippen LogP contribution in [0.3, 0.4) is 0 Å². The molecule has 0 fully saturated rings. The molecule has 0 bridgehead atoms. The summed E-state index contributed by atoms with van der Waals surface area (Å²) >= 11 is 0. The van der Waals surface area contributed by atoms with Gasteiger partial charge in [0, 0.05) is 17.2 Å². The lowest BCUT2D eigenvalue weighted by Crippen LogP contribution is -3.00. The van der Waals surface area contributed by atoms with E-state index in [0.717, 1.165) is 11.1 Å². The Kier molecular flexibility index (Phi) is 7.04. The largest absolute Gasteiger partial charge is 1.00 e. The molecule has 0 saturated heterocycles. The number of carbonyl (C=O) groups is 2. The van der Waals surface area contributed by atoms with Gasteiger partial charge in [-0.15, -0.1) is 0 Å². The van der Waals surface area contributed by atoms with Gasteiger partial charge in [-0.1, -0.05) is 84.9 Å². The van der Waals surface area contributed by atoms with Crippen LogP contribution in [0.15, 0.2) is 109 Å². The van der Waals surface area contributed by atoms with Gasteiger partial charge in [-0.05, 0) is 17.2 Å². The van der Waals surface area contributed by atoms with Crippen LogP contribution in [-0.2, 0) is 6.54 Å². The van der Waals surface area contributed by atoms with Gasteiger partial charge in [0.25, 0.3) is 0 Å². The lowest BCUT2D eigenvalue weighted by Gasteiger charge is -2.04. The highest BCUT2D eigenvalue weighted by Gasteiger charge is 2.16. The summed E-state index contributed by atoms with van der Waals surface area (Å²) in [7, 11) is 0. The summed E-state index contributed by atoms with van der Waals surface area (Å²) in [6.45, 7) is 0.181. The molecule has 0 aliphatic rings. The predicted octanol–water partition coefficient (Wildman–Crippen LogP) is 1.76. The van der Waals surface area contributed by atoms with E-state index in [0.29, 0.717) is 16.7 Å². The Balaban J connectivity index is 0.00000256. The number of hydrogen-bond donors (Lipinski definition) is 0. The van der Waals surface area contributed by atoms with E-state index in [-0.39, 0.29) is 35.1 Å². The molecule has 1 heterocycles. The van der Waals surface area contributed by atoms with Crippen molar-refractivity contribution in [3.63, 3.8) is 0 Å². The van der Waals surface area contributed by atoms with E-state index in [9.17, 15) is 9.59 Å². The van der Waals surface area contributed by atoms with Crippen LogP contribution in [0.5, 0.6) is 0 Å². The predicted molar refractivity (Wildman–Crippen MR) is 113 cm³/mol. The number of hydrogen-bond acceptors (Lipinski definition) is 2. The van der Waals surface area contributed by atoms with Crippen molar-refractivity contribution in [2.24, 2.45) is 0 Å². The molecule has 0 atom stereocenters. The molecule has 148 valence electrons. The van der Waals surface area contributed by atoms with Gasteiger partial charge in [0.05, 0.1) is 5.56 Å². The van der Waals surface area contributed by atoms with Crippen molar-refractivity contribution in [2.75, 3.05) is 0 Å². The van der Waals surface area contributed by atoms with Crippen LogP contribution in [0.25, 0.3) is 11.1 Å². The van der Waals surface area contributed by atoms with Gasteiger partial charge in [0.1, 0.15) is 0 Å². The van der Waals surface area contributed by atoms with Gasteiger partial charge in [-0.3, -0.25) is 9.59 Å². The second kappa shape index (κ2) is 9.90. The fourth-order valence-electron chi connectivity index (χ4n) is 3.25. The smallest absolute Gasteiger partial charge is 0.227 e. The minimum absolute atomic E-state index is 0. The third-order valence-corrected chi connectivity index (χ3v) is 4.80. The number of carbonyl (C=O) groups excluding carboxylic acids is 2. The van der Waals surface area contributed by atoms with Crippen LogP contribution in [0.1, 0.15) is 26.3 Å². The number of rotatable bonds is 6. The zero-order valence-corrected chi connectivity index (χ0v) is 17.8. The summed E-state index contributed by atoms with van der Waals surface area (Å²) in [5, 5.41) is 0. The summed E-state index contributed by atoms with van der Waals surface area (Å²) in [5.41, 5.74) is 4.04. The topological polar surface area (TPSA) is 38.0 Å². The van der Waals surface area contributed by atoms with Crippen molar-refractivity contribution in [3.05, 3.63) is 126 Å². The standard InChI is InChI=1S/C26H20NO2.BrH/c28-25(22-15-13-21(14-16-22)20-8-3-1-4-9-20)19-27-17-7-12-24(18-27)26(29)23-10-5-2-6-11-23;/h1-18H,19H2;1H/q+1;/p-1. The highest BCUT2D eigenvalue weighted by atomic mass is 79.9. The lowest BCUT2D eigenvalue weighted by atomic mass is 10.0. The first-order valence-electron chi connectivity index (χ1n) is 9.48. The van der Waals surface area contributed by atoms with Gasteiger partial charge < -0.3 is 17.0 Å². The van der Waals surface area contributed by atoms with Crippen LogP contribution >= 0.6 is 0 Å². The fourth-order valence-corrected chi connectivity index (χ4v) is 3.25. The Hall–Kier alpha value is -3.37. The number of halogens is 1. The molecule has 4 rings (SSSR count). The molecule has 0 aliphatic heterocycles. The molecule has 0 radical (unpaired) electrons. The first-order chi connectivity index (χ1) is 14.2. The molecular weight excluding hydrogens is 438 g/mol. The second-order valence-electron chi connectivity index (χ2n) is 6.83. The molecule has 4 heteroatoms. The summed E-state index contributed by atoms with van der Waals surface area (Å²) in [5.74, 6) is -0.0569. The molecule has 1 aromatic heterocycles. The van der Waals surface area contributed by atoms with E-state index >= 15 is 0 Å². The Morgan fingerprint density at radius 1 is 0.600 bits per heavy atom. The summed E-state index contributed by atoms with van der Waals surface area (Å²) in [6, 6.07) is 30.4. The maximum absolute atomic E-state index is 12.7. The molecule has 3 aromatic carbocycles. The van der Waals surface area contributed by atoms with Gasteiger partial charge >= 0.3 is 0 Å². The third-order valence-electron chi connectivity index (χ3n) is 4.80. The van der Waals surface area contributed by atoms with Crippen LogP contribution in [-0.4, -0.2) is 11.6 Å². The van der Waals surface area contributed by atoms with E-state index in [2.05, 4.69) is 0 Å². The van der Waals surface area contributed by atoms with E-state index in [1.54, 1.807) is 41.2 Å². The van der Waals surface area contributed by atoms with Crippen LogP contribution in [0, 0.1) is 0 Å². The summed E-state index contributed by atoms with van der Waals surface area (Å²) in [6.07, 6.45) is 3.53. The van der Waals surface area contributed by atoms with Gasteiger partial charge in [0.15, 0.2) is 18.2 Å². The molecule has 3 nitrogen and oxygen atoms in total. The Bertz CT molecular complexity index is 1140. The number of ketones is 2. The summed E-state index contributed by atoms with van der Waals surface area (Å²) < 4.78 is 1.75. The average molecular weight is 458 g/mol. The van der Waals surface area contributed by atoms with Crippen molar-refractivity contribution in [1.82, 2.24) is 0 Å². The van der Waals surface area contributed by atoms with Crippen molar-refractivity contribution in [2.45, 2.75) is 6.54 Å². The molecule has 0 aliphatic carbocycles. The van der Waals surface area contributed by atoms with Crippen molar-refractivity contribution < 1.29 is 31.1 Å². The zero-order chi connectivity index (χ0) is 20.1. The molecule has 0 N–H and O–H groups in total. The highest BCUT2D eigenvalue weighted by molar-refractivity contribution is 6.08. The number of aromatic nitrogens is 1. The third kappa shape index (κ3) is 4.97. The van der Waals surface area contributed by atoms with Crippen molar-refractivity contribution in [3.8, 4) is 11.1 Å². The highest BCUT2D eigenvalue weighted by Crippen LogP contribution is 2.19. The minimum Gasteiger partial charge on any atom is -1.00 e. The molecule has 0 unspecified atom stereocenters.